The van der Waals surface area contributed by atoms with Crippen LogP contribution in [-0.2, 0) is 6.54 Å². The fourth-order valence-corrected chi connectivity index (χ4v) is 3.51. The van der Waals surface area contributed by atoms with Gasteiger partial charge in [-0.05, 0) is 36.8 Å². The SMILES string of the molecule is CSC1(CNCc2ccc(O)c(F)c2)CCCC1. The van der Waals surface area contributed by atoms with Gasteiger partial charge in [-0.2, -0.15) is 11.8 Å². The van der Waals surface area contributed by atoms with Gasteiger partial charge in [-0.15, -0.1) is 0 Å². The van der Waals surface area contributed by atoms with E-state index in [4.69, 9.17) is 5.11 Å². The van der Waals surface area contributed by atoms with Crippen LogP contribution in [0.2, 0.25) is 0 Å². The highest BCUT2D eigenvalue weighted by Gasteiger charge is 2.32. The second kappa shape index (κ2) is 5.93. The first kappa shape index (κ1) is 13.7. The minimum absolute atomic E-state index is 0.282. The molecule has 0 spiro atoms. The summed E-state index contributed by atoms with van der Waals surface area (Å²) in [6.07, 6.45) is 7.34. The topological polar surface area (TPSA) is 32.3 Å². The van der Waals surface area contributed by atoms with E-state index in [1.165, 1.54) is 37.8 Å². The van der Waals surface area contributed by atoms with Crippen molar-refractivity contribution in [3.05, 3.63) is 29.6 Å². The Bertz CT molecular complexity index is 405. The van der Waals surface area contributed by atoms with E-state index in [-0.39, 0.29) is 5.75 Å². The number of aromatic hydroxyl groups is 1. The number of hydrogen-bond acceptors (Lipinski definition) is 3. The van der Waals surface area contributed by atoms with Crippen molar-refractivity contribution < 1.29 is 9.50 Å². The molecule has 2 rings (SSSR count). The van der Waals surface area contributed by atoms with Crippen LogP contribution in [-0.4, -0.2) is 22.7 Å². The van der Waals surface area contributed by atoms with Crippen molar-refractivity contribution in [1.82, 2.24) is 5.32 Å². The van der Waals surface area contributed by atoms with Gasteiger partial charge in [0.1, 0.15) is 0 Å². The Morgan fingerprint density at radius 2 is 2.11 bits per heavy atom. The van der Waals surface area contributed by atoms with E-state index in [1.807, 2.05) is 11.8 Å². The van der Waals surface area contributed by atoms with Gasteiger partial charge in [0.2, 0.25) is 0 Å². The molecule has 1 aromatic carbocycles. The monoisotopic (exact) mass is 269 g/mol. The number of nitrogens with one attached hydrogen (secondary N) is 1. The maximum Gasteiger partial charge on any atom is 0.165 e. The van der Waals surface area contributed by atoms with Crippen LogP contribution in [0.25, 0.3) is 0 Å². The quantitative estimate of drug-likeness (QED) is 0.860. The summed E-state index contributed by atoms with van der Waals surface area (Å²) >= 11 is 1.94. The molecule has 0 aromatic heterocycles. The average Bonchev–Trinajstić information content (AvgIpc) is 2.83. The normalized spacial score (nSPS) is 18.1. The third-order valence-corrected chi connectivity index (χ3v) is 5.15. The lowest BCUT2D eigenvalue weighted by molar-refractivity contribution is 0.431. The minimum atomic E-state index is -0.547. The molecule has 1 fully saturated rings. The van der Waals surface area contributed by atoms with Gasteiger partial charge in [0.25, 0.3) is 0 Å². The molecule has 0 aliphatic heterocycles. The van der Waals surface area contributed by atoms with E-state index >= 15 is 0 Å². The van der Waals surface area contributed by atoms with Gasteiger partial charge in [-0.1, -0.05) is 18.9 Å². The van der Waals surface area contributed by atoms with Crippen molar-refractivity contribution in [3.8, 4) is 5.75 Å². The van der Waals surface area contributed by atoms with E-state index in [9.17, 15) is 4.39 Å². The zero-order chi connectivity index (χ0) is 13.0. The fourth-order valence-electron chi connectivity index (χ4n) is 2.57. The largest absolute Gasteiger partial charge is 0.505 e. The van der Waals surface area contributed by atoms with Crippen molar-refractivity contribution in [3.63, 3.8) is 0 Å². The van der Waals surface area contributed by atoms with Crippen molar-refractivity contribution in [2.75, 3.05) is 12.8 Å². The zero-order valence-corrected chi connectivity index (χ0v) is 11.5. The van der Waals surface area contributed by atoms with Crippen LogP contribution in [0.3, 0.4) is 0 Å². The molecular formula is C14H20FNOS. The number of hydrogen-bond donors (Lipinski definition) is 2. The summed E-state index contributed by atoms with van der Waals surface area (Å²) in [7, 11) is 0. The number of benzene rings is 1. The molecule has 0 radical (unpaired) electrons. The van der Waals surface area contributed by atoms with Crippen LogP contribution in [0.1, 0.15) is 31.2 Å². The lowest BCUT2D eigenvalue weighted by atomic mass is 10.1. The molecule has 1 saturated carbocycles. The Morgan fingerprint density at radius 1 is 1.39 bits per heavy atom. The molecule has 4 heteroatoms. The van der Waals surface area contributed by atoms with Gasteiger partial charge in [0.15, 0.2) is 11.6 Å². The Labute approximate surface area is 112 Å². The Kier molecular flexibility index (Phi) is 4.51. The second-order valence-corrected chi connectivity index (χ2v) is 6.26. The van der Waals surface area contributed by atoms with E-state index in [2.05, 4.69) is 11.6 Å². The number of rotatable bonds is 5. The molecule has 0 unspecified atom stereocenters. The number of phenolic OH excluding ortho intramolecular Hbond substituents is 1. The highest BCUT2D eigenvalue weighted by Crippen LogP contribution is 2.39. The lowest BCUT2D eigenvalue weighted by Crippen LogP contribution is -2.34. The zero-order valence-electron chi connectivity index (χ0n) is 10.7. The highest BCUT2D eigenvalue weighted by atomic mass is 32.2. The summed E-state index contributed by atoms with van der Waals surface area (Å²) in [5.41, 5.74) is 0.875. The molecule has 1 aromatic rings. The first-order valence-electron chi connectivity index (χ1n) is 6.38. The molecule has 0 atom stereocenters. The van der Waals surface area contributed by atoms with E-state index in [0.29, 0.717) is 11.3 Å². The van der Waals surface area contributed by atoms with Crippen LogP contribution >= 0.6 is 11.8 Å². The molecule has 1 aliphatic rings. The van der Waals surface area contributed by atoms with Crippen LogP contribution in [0, 0.1) is 5.82 Å². The Morgan fingerprint density at radius 3 is 2.72 bits per heavy atom. The standard InChI is InChI=1S/C14H20FNOS/c1-18-14(6-2-3-7-14)10-16-9-11-4-5-13(17)12(15)8-11/h4-5,8,16-17H,2-3,6-7,9-10H2,1H3. The van der Waals surface area contributed by atoms with Gasteiger partial charge < -0.3 is 10.4 Å². The van der Waals surface area contributed by atoms with Gasteiger partial charge in [-0.3, -0.25) is 0 Å². The van der Waals surface area contributed by atoms with E-state index in [1.54, 1.807) is 6.07 Å². The molecular weight excluding hydrogens is 249 g/mol. The highest BCUT2D eigenvalue weighted by molar-refractivity contribution is 8.00. The van der Waals surface area contributed by atoms with E-state index < -0.39 is 5.82 Å². The predicted molar refractivity (Wildman–Crippen MR) is 74.5 cm³/mol. The summed E-state index contributed by atoms with van der Waals surface area (Å²) in [5.74, 6) is -0.829. The van der Waals surface area contributed by atoms with Crippen LogP contribution in [0.15, 0.2) is 18.2 Å². The molecule has 100 valence electrons. The van der Waals surface area contributed by atoms with Crippen LogP contribution in [0.4, 0.5) is 4.39 Å². The second-order valence-electron chi connectivity index (χ2n) is 4.98. The summed E-state index contributed by atoms with van der Waals surface area (Å²) in [6.45, 7) is 1.62. The first-order valence-corrected chi connectivity index (χ1v) is 7.61. The third kappa shape index (κ3) is 3.18. The Balaban J connectivity index is 1.86. The number of halogens is 1. The molecule has 0 heterocycles. The van der Waals surface area contributed by atoms with Crippen molar-refractivity contribution >= 4 is 11.8 Å². The maximum atomic E-state index is 13.2. The van der Waals surface area contributed by atoms with E-state index in [0.717, 1.165) is 12.1 Å². The summed E-state index contributed by atoms with van der Waals surface area (Å²) < 4.78 is 13.5. The lowest BCUT2D eigenvalue weighted by Gasteiger charge is -2.27. The van der Waals surface area contributed by atoms with Gasteiger partial charge in [0, 0.05) is 17.8 Å². The van der Waals surface area contributed by atoms with Crippen molar-refractivity contribution in [1.29, 1.82) is 0 Å². The molecule has 2 N–H and O–H groups in total. The fraction of sp³-hybridized carbons (Fsp3) is 0.571. The molecule has 2 nitrogen and oxygen atoms in total. The van der Waals surface area contributed by atoms with Crippen molar-refractivity contribution in [2.24, 2.45) is 0 Å². The molecule has 18 heavy (non-hydrogen) atoms. The van der Waals surface area contributed by atoms with Crippen LogP contribution in [0.5, 0.6) is 5.75 Å². The molecule has 1 aliphatic carbocycles. The minimum Gasteiger partial charge on any atom is -0.505 e. The molecule has 0 saturated heterocycles. The summed E-state index contributed by atoms with van der Waals surface area (Å²) in [5, 5.41) is 12.5. The summed E-state index contributed by atoms with van der Waals surface area (Å²) in [6, 6.07) is 4.56. The number of thioether (sulfide) groups is 1. The van der Waals surface area contributed by atoms with Gasteiger partial charge >= 0.3 is 0 Å². The van der Waals surface area contributed by atoms with Gasteiger partial charge in [-0.25, -0.2) is 4.39 Å². The van der Waals surface area contributed by atoms with Gasteiger partial charge in [0.05, 0.1) is 0 Å². The van der Waals surface area contributed by atoms with Crippen molar-refractivity contribution in [2.45, 2.75) is 37.0 Å². The number of phenols is 1. The Hall–Kier alpha value is -0.740. The summed E-state index contributed by atoms with van der Waals surface area (Å²) in [4.78, 5) is 0. The average molecular weight is 269 g/mol. The first-order chi connectivity index (χ1) is 8.65. The predicted octanol–water partition coefficient (Wildman–Crippen LogP) is 3.30. The molecule has 0 bridgehead atoms. The smallest absolute Gasteiger partial charge is 0.165 e. The molecule has 0 amide bonds. The van der Waals surface area contributed by atoms with Crippen LogP contribution < -0.4 is 5.32 Å². The maximum absolute atomic E-state index is 13.2. The third-order valence-electron chi connectivity index (χ3n) is 3.74.